The van der Waals surface area contributed by atoms with Crippen molar-refractivity contribution in [3.05, 3.63) is 70.4 Å². The molecule has 0 unspecified atom stereocenters. The molecule has 0 aliphatic carbocycles. The summed E-state index contributed by atoms with van der Waals surface area (Å²) in [5.74, 6) is 2.20. The van der Waals surface area contributed by atoms with Crippen molar-refractivity contribution in [3.63, 3.8) is 0 Å². The van der Waals surface area contributed by atoms with Crippen LogP contribution < -0.4 is 15.4 Å². The van der Waals surface area contributed by atoms with E-state index < -0.39 is 0 Å². The summed E-state index contributed by atoms with van der Waals surface area (Å²) in [4.78, 5) is 9.03. The molecular weight excluding hydrogens is 360 g/mol. The molecule has 140 valence electrons. The lowest BCUT2D eigenvalue weighted by atomic mass is 10.1. The summed E-state index contributed by atoms with van der Waals surface area (Å²) in [7, 11) is 1.67. The minimum absolute atomic E-state index is 0.602. The van der Waals surface area contributed by atoms with Gasteiger partial charge in [-0.3, -0.25) is 0 Å². The Morgan fingerprint density at radius 3 is 2.52 bits per heavy atom. The number of aryl methyl sites for hydroxylation is 2. The van der Waals surface area contributed by atoms with Crippen LogP contribution in [0.15, 0.2) is 48.5 Å². The smallest absolute Gasteiger partial charge is 0.224 e. The first-order valence-electron chi connectivity index (χ1n) is 8.79. The molecule has 3 aromatic rings. The van der Waals surface area contributed by atoms with Crippen LogP contribution in [0, 0.1) is 13.8 Å². The summed E-state index contributed by atoms with van der Waals surface area (Å²) >= 11 is 6.10. The Kier molecular flexibility index (Phi) is 6.14. The minimum Gasteiger partial charge on any atom is -0.497 e. The van der Waals surface area contributed by atoms with Crippen LogP contribution in [0.2, 0.25) is 5.02 Å². The Labute approximate surface area is 164 Å². The summed E-state index contributed by atoms with van der Waals surface area (Å²) in [6, 6.07) is 15.7. The monoisotopic (exact) mass is 382 g/mol. The fourth-order valence-electron chi connectivity index (χ4n) is 2.69. The molecule has 5 nitrogen and oxygen atoms in total. The van der Waals surface area contributed by atoms with Crippen LogP contribution in [0.1, 0.15) is 16.8 Å². The van der Waals surface area contributed by atoms with Gasteiger partial charge in [0.05, 0.1) is 7.11 Å². The van der Waals surface area contributed by atoms with Crippen molar-refractivity contribution >= 4 is 29.1 Å². The number of nitrogens with zero attached hydrogens (tertiary/aromatic N) is 2. The highest BCUT2D eigenvalue weighted by molar-refractivity contribution is 6.30. The first-order valence-corrected chi connectivity index (χ1v) is 9.17. The molecule has 27 heavy (non-hydrogen) atoms. The van der Waals surface area contributed by atoms with Crippen LogP contribution in [0.25, 0.3) is 0 Å². The Morgan fingerprint density at radius 1 is 1.00 bits per heavy atom. The number of hydrogen-bond acceptors (Lipinski definition) is 5. The van der Waals surface area contributed by atoms with Crippen LogP contribution >= 0.6 is 11.6 Å². The molecule has 0 spiro atoms. The van der Waals surface area contributed by atoms with Gasteiger partial charge in [0.25, 0.3) is 0 Å². The SMILES string of the molecule is COc1ccc(CCNc2nc(C)cc(Nc3cc(Cl)ccc3C)n2)cc1. The van der Waals surface area contributed by atoms with E-state index in [9.17, 15) is 0 Å². The highest BCUT2D eigenvalue weighted by atomic mass is 35.5. The van der Waals surface area contributed by atoms with Gasteiger partial charge in [0.15, 0.2) is 0 Å². The molecule has 0 bridgehead atoms. The molecule has 2 N–H and O–H groups in total. The van der Waals surface area contributed by atoms with Gasteiger partial charge in [0.1, 0.15) is 11.6 Å². The topological polar surface area (TPSA) is 59.1 Å². The van der Waals surface area contributed by atoms with E-state index in [2.05, 4.69) is 32.7 Å². The lowest BCUT2D eigenvalue weighted by Crippen LogP contribution is -2.09. The molecule has 0 atom stereocenters. The zero-order valence-electron chi connectivity index (χ0n) is 15.7. The van der Waals surface area contributed by atoms with E-state index in [1.54, 1.807) is 7.11 Å². The molecule has 0 amide bonds. The van der Waals surface area contributed by atoms with E-state index in [1.165, 1.54) is 5.56 Å². The number of hydrogen-bond donors (Lipinski definition) is 2. The summed E-state index contributed by atoms with van der Waals surface area (Å²) in [5.41, 5.74) is 4.15. The fraction of sp³-hybridized carbons (Fsp3) is 0.238. The number of anilines is 3. The number of methoxy groups -OCH3 is 1. The normalized spacial score (nSPS) is 10.5. The minimum atomic E-state index is 0.602. The molecule has 0 saturated carbocycles. The predicted molar refractivity (Wildman–Crippen MR) is 111 cm³/mol. The van der Waals surface area contributed by atoms with Gasteiger partial charge in [-0.15, -0.1) is 0 Å². The number of ether oxygens (including phenoxy) is 1. The molecule has 0 aliphatic rings. The molecule has 0 radical (unpaired) electrons. The second-order valence-corrected chi connectivity index (χ2v) is 6.76. The molecule has 1 aromatic heterocycles. The van der Waals surface area contributed by atoms with Crippen molar-refractivity contribution in [3.8, 4) is 5.75 Å². The quantitative estimate of drug-likeness (QED) is 0.591. The number of benzene rings is 2. The summed E-state index contributed by atoms with van der Waals surface area (Å²) in [6.07, 6.45) is 0.872. The van der Waals surface area contributed by atoms with Gasteiger partial charge >= 0.3 is 0 Å². The van der Waals surface area contributed by atoms with Gasteiger partial charge in [-0.25, -0.2) is 4.98 Å². The molecule has 1 heterocycles. The Balaban J connectivity index is 1.65. The van der Waals surface area contributed by atoms with Crippen LogP contribution in [0.5, 0.6) is 5.75 Å². The molecule has 0 fully saturated rings. The second-order valence-electron chi connectivity index (χ2n) is 6.33. The maximum Gasteiger partial charge on any atom is 0.224 e. The Morgan fingerprint density at radius 2 is 1.78 bits per heavy atom. The number of halogens is 1. The molecule has 0 aliphatic heterocycles. The summed E-state index contributed by atoms with van der Waals surface area (Å²) < 4.78 is 5.18. The van der Waals surface area contributed by atoms with Gasteiger partial charge in [0, 0.05) is 29.0 Å². The summed E-state index contributed by atoms with van der Waals surface area (Å²) in [5, 5.41) is 7.31. The highest BCUT2D eigenvalue weighted by Gasteiger charge is 2.05. The van der Waals surface area contributed by atoms with Crippen molar-refractivity contribution in [2.45, 2.75) is 20.3 Å². The lowest BCUT2D eigenvalue weighted by Gasteiger charge is -2.12. The van der Waals surface area contributed by atoms with Crippen LogP contribution in [0.4, 0.5) is 17.5 Å². The van der Waals surface area contributed by atoms with Crippen LogP contribution in [0.3, 0.4) is 0 Å². The van der Waals surface area contributed by atoms with Crippen LogP contribution in [-0.2, 0) is 6.42 Å². The van der Waals surface area contributed by atoms with Crippen molar-refractivity contribution in [2.24, 2.45) is 0 Å². The highest BCUT2D eigenvalue weighted by Crippen LogP contribution is 2.24. The molecule has 2 aromatic carbocycles. The maximum absolute atomic E-state index is 6.10. The van der Waals surface area contributed by atoms with Gasteiger partial charge < -0.3 is 15.4 Å². The number of nitrogens with one attached hydrogen (secondary N) is 2. The Bertz CT molecular complexity index is 913. The summed E-state index contributed by atoms with van der Waals surface area (Å²) in [6.45, 7) is 4.72. The third kappa shape index (κ3) is 5.34. The molecule has 0 saturated heterocycles. The zero-order valence-corrected chi connectivity index (χ0v) is 16.5. The number of aromatic nitrogens is 2. The van der Waals surface area contributed by atoms with E-state index in [0.29, 0.717) is 11.0 Å². The standard InChI is InChI=1S/C21H23ClN4O/c1-14-4-7-17(22)13-19(14)25-20-12-15(2)24-21(26-20)23-11-10-16-5-8-18(27-3)9-6-16/h4-9,12-13H,10-11H2,1-3H3,(H2,23,24,25,26). The first-order chi connectivity index (χ1) is 13.0. The van der Waals surface area contributed by atoms with Gasteiger partial charge in [-0.1, -0.05) is 29.8 Å². The van der Waals surface area contributed by atoms with E-state index in [-0.39, 0.29) is 0 Å². The molecule has 3 rings (SSSR count). The molecular formula is C21H23ClN4O. The molecule has 6 heteroatoms. The van der Waals surface area contributed by atoms with Crippen molar-refractivity contribution < 1.29 is 4.74 Å². The fourth-order valence-corrected chi connectivity index (χ4v) is 2.86. The average Bonchev–Trinajstić information content (AvgIpc) is 2.65. The van der Waals surface area contributed by atoms with E-state index in [0.717, 1.165) is 41.5 Å². The maximum atomic E-state index is 6.10. The van der Waals surface area contributed by atoms with E-state index in [4.69, 9.17) is 16.3 Å². The lowest BCUT2D eigenvalue weighted by molar-refractivity contribution is 0.414. The third-order valence-corrected chi connectivity index (χ3v) is 4.41. The second kappa shape index (κ2) is 8.73. The van der Waals surface area contributed by atoms with Crippen molar-refractivity contribution in [1.29, 1.82) is 0 Å². The Hall–Kier alpha value is -2.79. The van der Waals surface area contributed by atoms with Crippen LogP contribution in [-0.4, -0.2) is 23.6 Å². The zero-order chi connectivity index (χ0) is 19.2. The van der Waals surface area contributed by atoms with Crippen molar-refractivity contribution in [1.82, 2.24) is 9.97 Å². The first kappa shape index (κ1) is 19.0. The van der Waals surface area contributed by atoms with Gasteiger partial charge in [-0.05, 0) is 55.7 Å². The number of rotatable bonds is 7. The van der Waals surface area contributed by atoms with E-state index in [1.807, 2.05) is 50.2 Å². The van der Waals surface area contributed by atoms with Gasteiger partial charge in [-0.2, -0.15) is 4.98 Å². The predicted octanol–water partition coefficient (Wildman–Crippen LogP) is 5.15. The average molecular weight is 383 g/mol. The van der Waals surface area contributed by atoms with Gasteiger partial charge in [0.2, 0.25) is 5.95 Å². The largest absolute Gasteiger partial charge is 0.497 e. The van der Waals surface area contributed by atoms with E-state index >= 15 is 0 Å². The van der Waals surface area contributed by atoms with Crippen molar-refractivity contribution in [2.75, 3.05) is 24.3 Å². The third-order valence-electron chi connectivity index (χ3n) is 4.17.